The van der Waals surface area contributed by atoms with Gasteiger partial charge in [0, 0.05) is 17.1 Å². The van der Waals surface area contributed by atoms with E-state index in [1.54, 1.807) is 4.90 Å². The first-order chi connectivity index (χ1) is 13.3. The lowest BCUT2D eigenvalue weighted by atomic mass is 10.1. The molecule has 0 radical (unpaired) electrons. The Kier molecular flexibility index (Phi) is 7.01. The van der Waals surface area contributed by atoms with Gasteiger partial charge in [-0.05, 0) is 29.9 Å². The highest BCUT2D eigenvalue weighted by Gasteiger charge is 2.36. The van der Waals surface area contributed by atoms with Crippen molar-refractivity contribution in [3.63, 3.8) is 0 Å². The van der Waals surface area contributed by atoms with Crippen molar-refractivity contribution < 1.29 is 13.2 Å². The standard InChI is InChI=1S/C18H19BrClN3O3S2/c1-2-27-18-21-9-15(20)16(22-18)17(24)23(14-6-7-28(25,26)11-14)10-12-4-3-5-13(19)8-12/h3-5,8-9,14H,2,6-7,10-11H2,1H3/t14-/m1/s1. The van der Waals surface area contributed by atoms with E-state index in [9.17, 15) is 13.2 Å². The third-order valence-electron chi connectivity index (χ3n) is 4.35. The van der Waals surface area contributed by atoms with Crippen molar-refractivity contribution in [3.05, 3.63) is 51.2 Å². The van der Waals surface area contributed by atoms with Gasteiger partial charge in [0.1, 0.15) is 0 Å². The number of benzene rings is 1. The molecular formula is C18H19BrClN3O3S2. The molecule has 1 fully saturated rings. The van der Waals surface area contributed by atoms with Gasteiger partial charge in [-0.2, -0.15) is 0 Å². The van der Waals surface area contributed by atoms with Crippen LogP contribution in [0.4, 0.5) is 0 Å². The van der Waals surface area contributed by atoms with Crippen LogP contribution < -0.4 is 0 Å². The Balaban J connectivity index is 1.96. The molecule has 1 atom stereocenters. The Bertz CT molecular complexity index is 988. The van der Waals surface area contributed by atoms with Gasteiger partial charge in [-0.15, -0.1) is 0 Å². The van der Waals surface area contributed by atoms with Gasteiger partial charge in [-0.25, -0.2) is 18.4 Å². The average Bonchev–Trinajstić information content (AvgIpc) is 3.00. The average molecular weight is 505 g/mol. The summed E-state index contributed by atoms with van der Waals surface area (Å²) in [5, 5.41) is 0.627. The van der Waals surface area contributed by atoms with Crippen molar-refractivity contribution >= 4 is 55.0 Å². The van der Waals surface area contributed by atoms with Crippen molar-refractivity contribution in [2.75, 3.05) is 17.3 Å². The predicted octanol–water partition coefficient (Wildman–Crippen LogP) is 3.83. The van der Waals surface area contributed by atoms with E-state index in [-0.39, 0.29) is 34.7 Å². The molecule has 0 aliphatic carbocycles. The van der Waals surface area contributed by atoms with Crippen LogP contribution in [0.1, 0.15) is 29.4 Å². The van der Waals surface area contributed by atoms with E-state index in [0.717, 1.165) is 15.8 Å². The SMILES string of the molecule is CCSc1ncc(Cl)c(C(=O)N(Cc2cccc(Br)c2)[C@@H]2CCS(=O)(=O)C2)n1. The summed E-state index contributed by atoms with van der Waals surface area (Å²) in [6.45, 7) is 2.24. The number of carbonyl (C=O) groups excluding carboxylic acids is 1. The first-order valence-corrected chi connectivity index (χ1v) is 12.7. The minimum absolute atomic E-state index is 0.0496. The fourth-order valence-corrected chi connectivity index (χ4v) is 5.95. The lowest BCUT2D eigenvalue weighted by Crippen LogP contribution is -2.41. The monoisotopic (exact) mass is 503 g/mol. The molecule has 1 amide bonds. The molecule has 3 rings (SSSR count). The van der Waals surface area contributed by atoms with E-state index in [2.05, 4.69) is 25.9 Å². The molecule has 2 aromatic rings. The third-order valence-corrected chi connectivity index (χ3v) is 7.61. The number of nitrogens with zero attached hydrogens (tertiary/aromatic N) is 3. The molecule has 10 heteroatoms. The molecule has 28 heavy (non-hydrogen) atoms. The number of sulfone groups is 1. The summed E-state index contributed by atoms with van der Waals surface area (Å²) < 4.78 is 24.9. The maximum atomic E-state index is 13.3. The smallest absolute Gasteiger partial charge is 0.274 e. The molecule has 0 bridgehead atoms. The molecule has 150 valence electrons. The maximum Gasteiger partial charge on any atom is 0.274 e. The number of hydrogen-bond acceptors (Lipinski definition) is 6. The van der Waals surface area contributed by atoms with Crippen LogP contribution in [-0.4, -0.2) is 52.5 Å². The van der Waals surface area contributed by atoms with Gasteiger partial charge in [0.05, 0.1) is 22.7 Å². The zero-order chi connectivity index (χ0) is 20.3. The number of hydrogen-bond donors (Lipinski definition) is 0. The van der Waals surface area contributed by atoms with Crippen molar-refractivity contribution in [2.45, 2.75) is 31.1 Å². The van der Waals surface area contributed by atoms with E-state index >= 15 is 0 Å². The van der Waals surface area contributed by atoms with Gasteiger partial charge in [0.25, 0.3) is 5.91 Å². The summed E-state index contributed by atoms with van der Waals surface area (Å²) in [4.78, 5) is 23.4. The normalized spacial score (nSPS) is 18.2. The van der Waals surface area contributed by atoms with Crippen LogP contribution in [0.3, 0.4) is 0 Å². The molecule has 1 aromatic carbocycles. The molecule has 1 aliphatic heterocycles. The van der Waals surface area contributed by atoms with Gasteiger partial charge in [-0.3, -0.25) is 4.79 Å². The number of aromatic nitrogens is 2. The lowest BCUT2D eigenvalue weighted by Gasteiger charge is -2.28. The molecule has 0 spiro atoms. The Morgan fingerprint density at radius 2 is 2.21 bits per heavy atom. The number of halogens is 2. The van der Waals surface area contributed by atoms with E-state index in [4.69, 9.17) is 11.6 Å². The second kappa shape index (κ2) is 9.11. The van der Waals surface area contributed by atoms with E-state index in [0.29, 0.717) is 11.6 Å². The molecule has 6 nitrogen and oxygen atoms in total. The van der Waals surface area contributed by atoms with Gasteiger partial charge >= 0.3 is 0 Å². The first kappa shape index (κ1) is 21.5. The second-order valence-electron chi connectivity index (χ2n) is 6.40. The Morgan fingerprint density at radius 1 is 1.43 bits per heavy atom. The Hall–Kier alpha value is -1.16. The van der Waals surface area contributed by atoms with Crippen LogP contribution in [-0.2, 0) is 16.4 Å². The molecular weight excluding hydrogens is 486 g/mol. The minimum atomic E-state index is -3.16. The van der Waals surface area contributed by atoms with Crippen LogP contribution in [0, 0.1) is 0 Å². The molecule has 1 saturated heterocycles. The topological polar surface area (TPSA) is 80.2 Å². The van der Waals surface area contributed by atoms with Gasteiger partial charge < -0.3 is 4.90 Å². The van der Waals surface area contributed by atoms with Crippen LogP contribution >= 0.6 is 39.3 Å². The van der Waals surface area contributed by atoms with Crippen LogP contribution in [0.5, 0.6) is 0 Å². The summed E-state index contributed by atoms with van der Waals surface area (Å²) in [5.74, 6) is 0.408. The predicted molar refractivity (Wildman–Crippen MR) is 115 cm³/mol. The maximum absolute atomic E-state index is 13.3. The molecule has 1 aromatic heterocycles. The van der Waals surface area contributed by atoms with E-state index < -0.39 is 15.9 Å². The number of carbonyl (C=O) groups is 1. The number of thioether (sulfide) groups is 1. The highest BCUT2D eigenvalue weighted by Crippen LogP contribution is 2.26. The van der Waals surface area contributed by atoms with Crippen LogP contribution in [0.2, 0.25) is 5.02 Å². The first-order valence-electron chi connectivity index (χ1n) is 8.70. The summed E-state index contributed by atoms with van der Waals surface area (Å²) in [6.07, 6.45) is 1.82. The van der Waals surface area contributed by atoms with Crippen molar-refractivity contribution in [3.8, 4) is 0 Å². The molecule has 0 N–H and O–H groups in total. The zero-order valence-corrected chi connectivity index (χ0v) is 19.1. The fraction of sp³-hybridized carbons (Fsp3) is 0.389. The Morgan fingerprint density at radius 3 is 2.86 bits per heavy atom. The Labute approximate surface area is 182 Å². The van der Waals surface area contributed by atoms with Crippen molar-refractivity contribution in [1.29, 1.82) is 0 Å². The van der Waals surface area contributed by atoms with Gasteiger partial charge in [-0.1, -0.05) is 58.3 Å². The van der Waals surface area contributed by atoms with Crippen molar-refractivity contribution in [1.82, 2.24) is 14.9 Å². The fourth-order valence-electron chi connectivity index (χ4n) is 3.06. The minimum Gasteiger partial charge on any atom is -0.329 e. The molecule has 1 aliphatic rings. The van der Waals surface area contributed by atoms with Crippen molar-refractivity contribution in [2.24, 2.45) is 0 Å². The lowest BCUT2D eigenvalue weighted by molar-refractivity contribution is 0.0674. The largest absolute Gasteiger partial charge is 0.329 e. The van der Waals surface area contributed by atoms with Crippen LogP contribution in [0.25, 0.3) is 0 Å². The van der Waals surface area contributed by atoms with Gasteiger partial charge in [0.15, 0.2) is 20.7 Å². The summed E-state index contributed by atoms with van der Waals surface area (Å²) in [6, 6.07) is 7.16. The number of amides is 1. The highest BCUT2D eigenvalue weighted by atomic mass is 79.9. The summed E-state index contributed by atoms with van der Waals surface area (Å²) >= 11 is 11.1. The number of rotatable bonds is 6. The third kappa shape index (κ3) is 5.25. The molecule has 0 saturated carbocycles. The van der Waals surface area contributed by atoms with Crippen LogP contribution in [0.15, 0.2) is 40.1 Å². The van der Waals surface area contributed by atoms with E-state index in [1.807, 2.05) is 31.2 Å². The molecule has 2 heterocycles. The quantitative estimate of drug-likeness (QED) is 0.439. The zero-order valence-electron chi connectivity index (χ0n) is 15.1. The summed E-state index contributed by atoms with van der Waals surface area (Å²) in [7, 11) is -3.16. The highest BCUT2D eigenvalue weighted by molar-refractivity contribution is 9.10. The second-order valence-corrected chi connectivity index (χ2v) is 11.2. The van der Waals surface area contributed by atoms with Gasteiger partial charge in [0.2, 0.25) is 0 Å². The molecule has 0 unspecified atom stereocenters. The summed E-state index contributed by atoms with van der Waals surface area (Å²) in [5.41, 5.74) is 0.993. The van der Waals surface area contributed by atoms with E-state index in [1.165, 1.54) is 18.0 Å².